The SMILES string of the molecule is COc1cc(NC(=O)C(Cl)(Cl)Cl)ccc1-c1ccc(CO)o1. The van der Waals surface area contributed by atoms with Crippen molar-refractivity contribution in [2.75, 3.05) is 12.4 Å². The number of anilines is 1. The van der Waals surface area contributed by atoms with Crippen LogP contribution in [0, 0.1) is 0 Å². The summed E-state index contributed by atoms with van der Waals surface area (Å²) in [7, 11) is 1.48. The van der Waals surface area contributed by atoms with Gasteiger partial charge in [-0.2, -0.15) is 0 Å². The van der Waals surface area contributed by atoms with Crippen molar-refractivity contribution in [3.63, 3.8) is 0 Å². The number of hydrogen-bond donors (Lipinski definition) is 2. The predicted octanol–water partition coefficient (Wildman–Crippen LogP) is 3.76. The van der Waals surface area contributed by atoms with Gasteiger partial charge in [-0.05, 0) is 24.3 Å². The summed E-state index contributed by atoms with van der Waals surface area (Å²) in [4.78, 5) is 11.6. The van der Waals surface area contributed by atoms with Crippen LogP contribution in [0.15, 0.2) is 34.7 Å². The maximum absolute atomic E-state index is 11.6. The molecule has 22 heavy (non-hydrogen) atoms. The molecule has 0 spiro atoms. The van der Waals surface area contributed by atoms with Crippen LogP contribution in [-0.2, 0) is 11.4 Å². The first-order valence-electron chi connectivity index (χ1n) is 6.11. The average Bonchev–Trinajstić information content (AvgIpc) is 2.94. The number of carbonyl (C=O) groups is 1. The Labute approximate surface area is 141 Å². The largest absolute Gasteiger partial charge is 0.496 e. The first kappa shape index (κ1) is 17.0. The Kier molecular flexibility index (Phi) is 5.24. The Bertz CT molecular complexity index is 679. The van der Waals surface area contributed by atoms with E-state index in [4.69, 9.17) is 49.1 Å². The van der Waals surface area contributed by atoms with Gasteiger partial charge in [0.1, 0.15) is 23.9 Å². The van der Waals surface area contributed by atoms with Crippen LogP contribution in [0.2, 0.25) is 0 Å². The van der Waals surface area contributed by atoms with Gasteiger partial charge in [-0.25, -0.2) is 0 Å². The normalized spacial score (nSPS) is 11.3. The van der Waals surface area contributed by atoms with Crippen molar-refractivity contribution in [3.8, 4) is 17.1 Å². The minimum Gasteiger partial charge on any atom is -0.496 e. The molecule has 2 rings (SSSR count). The smallest absolute Gasteiger partial charge is 0.276 e. The molecule has 0 saturated heterocycles. The fourth-order valence-corrected chi connectivity index (χ4v) is 1.92. The molecular weight excluding hydrogens is 353 g/mol. The number of nitrogens with one attached hydrogen (secondary N) is 1. The molecule has 2 N–H and O–H groups in total. The summed E-state index contributed by atoms with van der Waals surface area (Å²) in [6, 6.07) is 8.25. The lowest BCUT2D eigenvalue weighted by molar-refractivity contribution is -0.115. The number of rotatable bonds is 4. The molecule has 0 unspecified atom stereocenters. The van der Waals surface area contributed by atoms with E-state index in [1.807, 2.05) is 0 Å². The van der Waals surface area contributed by atoms with Crippen LogP contribution in [0.3, 0.4) is 0 Å². The van der Waals surface area contributed by atoms with Crippen molar-refractivity contribution in [1.82, 2.24) is 0 Å². The number of alkyl halides is 3. The first-order valence-corrected chi connectivity index (χ1v) is 7.24. The van der Waals surface area contributed by atoms with Crippen molar-refractivity contribution in [3.05, 3.63) is 36.1 Å². The molecule has 2 aromatic rings. The summed E-state index contributed by atoms with van der Waals surface area (Å²) in [6.45, 7) is -0.195. The highest BCUT2D eigenvalue weighted by atomic mass is 35.6. The van der Waals surface area contributed by atoms with Gasteiger partial charge in [0.05, 0.1) is 12.7 Å². The van der Waals surface area contributed by atoms with E-state index in [1.165, 1.54) is 7.11 Å². The lowest BCUT2D eigenvalue weighted by Gasteiger charge is -2.13. The average molecular weight is 365 g/mol. The number of methoxy groups -OCH3 is 1. The predicted molar refractivity (Wildman–Crippen MR) is 85.5 cm³/mol. The molecule has 0 radical (unpaired) electrons. The topological polar surface area (TPSA) is 71.7 Å². The standard InChI is InChI=1S/C14H12Cl3NO4/c1-21-12-6-8(18-13(20)14(15,16)17)2-4-10(12)11-5-3-9(7-19)22-11/h2-6,19H,7H2,1H3,(H,18,20). The van der Waals surface area contributed by atoms with Crippen LogP contribution < -0.4 is 10.1 Å². The summed E-state index contributed by atoms with van der Waals surface area (Å²) in [5, 5.41) is 11.5. The van der Waals surface area contributed by atoms with E-state index < -0.39 is 9.70 Å². The zero-order valence-corrected chi connectivity index (χ0v) is 13.7. The molecule has 0 aliphatic carbocycles. The van der Waals surface area contributed by atoms with Gasteiger partial charge in [-0.1, -0.05) is 34.8 Å². The van der Waals surface area contributed by atoms with Gasteiger partial charge < -0.3 is 19.6 Å². The van der Waals surface area contributed by atoms with Crippen LogP contribution in [0.5, 0.6) is 5.75 Å². The number of benzene rings is 1. The molecule has 0 saturated carbocycles. The maximum Gasteiger partial charge on any atom is 0.276 e. The lowest BCUT2D eigenvalue weighted by Crippen LogP contribution is -2.26. The molecule has 1 heterocycles. The first-order chi connectivity index (χ1) is 10.3. The zero-order chi connectivity index (χ0) is 16.3. The van der Waals surface area contributed by atoms with E-state index in [0.29, 0.717) is 28.5 Å². The quantitative estimate of drug-likeness (QED) is 0.810. The van der Waals surface area contributed by atoms with E-state index >= 15 is 0 Å². The molecule has 1 aromatic heterocycles. The number of hydrogen-bond acceptors (Lipinski definition) is 4. The van der Waals surface area contributed by atoms with Gasteiger partial charge in [0.25, 0.3) is 9.70 Å². The van der Waals surface area contributed by atoms with Crippen LogP contribution in [-0.4, -0.2) is 21.9 Å². The molecule has 118 valence electrons. The summed E-state index contributed by atoms with van der Waals surface area (Å²) in [6.07, 6.45) is 0. The van der Waals surface area contributed by atoms with Gasteiger partial charge >= 0.3 is 0 Å². The third-order valence-electron chi connectivity index (χ3n) is 2.80. The zero-order valence-electron chi connectivity index (χ0n) is 11.4. The van der Waals surface area contributed by atoms with Crippen LogP contribution >= 0.6 is 34.8 Å². The number of ether oxygens (including phenoxy) is 1. The molecule has 0 atom stereocenters. The van der Waals surface area contributed by atoms with Gasteiger partial charge in [0, 0.05) is 11.8 Å². The minimum atomic E-state index is -2.05. The summed E-state index contributed by atoms with van der Waals surface area (Å²) in [5.41, 5.74) is 1.07. The highest BCUT2D eigenvalue weighted by Crippen LogP contribution is 2.34. The van der Waals surface area contributed by atoms with Crippen molar-refractivity contribution >= 4 is 46.4 Å². The van der Waals surface area contributed by atoms with Crippen LogP contribution in [0.1, 0.15) is 5.76 Å². The van der Waals surface area contributed by atoms with Gasteiger partial charge in [0.2, 0.25) is 0 Å². The third kappa shape index (κ3) is 3.87. The number of aliphatic hydroxyl groups excluding tert-OH is 1. The van der Waals surface area contributed by atoms with Crippen LogP contribution in [0.25, 0.3) is 11.3 Å². The third-order valence-corrected chi connectivity index (χ3v) is 3.31. The second-order valence-electron chi connectivity index (χ2n) is 4.29. The number of aliphatic hydroxyl groups is 1. The fourth-order valence-electron chi connectivity index (χ4n) is 1.78. The molecule has 1 aromatic carbocycles. The molecule has 0 aliphatic heterocycles. The second-order valence-corrected chi connectivity index (χ2v) is 6.57. The van der Waals surface area contributed by atoms with Crippen molar-refractivity contribution in [2.45, 2.75) is 10.4 Å². The van der Waals surface area contributed by atoms with Gasteiger partial charge in [-0.3, -0.25) is 4.79 Å². The Hall–Kier alpha value is -1.40. The molecule has 5 nitrogen and oxygen atoms in total. The van der Waals surface area contributed by atoms with Crippen molar-refractivity contribution < 1.29 is 19.1 Å². The van der Waals surface area contributed by atoms with E-state index in [9.17, 15) is 4.79 Å². The molecule has 8 heteroatoms. The summed E-state index contributed by atoms with van der Waals surface area (Å²) in [5.74, 6) is 0.652. The molecule has 0 bridgehead atoms. The Morgan fingerprint density at radius 2 is 2.05 bits per heavy atom. The number of halogens is 3. The Morgan fingerprint density at radius 1 is 1.32 bits per heavy atom. The monoisotopic (exact) mass is 363 g/mol. The van der Waals surface area contributed by atoms with E-state index in [2.05, 4.69) is 5.32 Å². The second kappa shape index (κ2) is 6.79. The molecule has 0 fully saturated rings. The lowest BCUT2D eigenvalue weighted by atomic mass is 10.1. The highest BCUT2D eigenvalue weighted by Gasteiger charge is 2.30. The molecule has 0 aliphatic rings. The molecule has 1 amide bonds. The number of amides is 1. The fraction of sp³-hybridized carbons (Fsp3) is 0.214. The van der Waals surface area contributed by atoms with Crippen molar-refractivity contribution in [1.29, 1.82) is 0 Å². The minimum absolute atomic E-state index is 0.195. The Morgan fingerprint density at radius 3 is 2.59 bits per heavy atom. The number of furan rings is 1. The highest BCUT2D eigenvalue weighted by molar-refractivity contribution is 6.76. The van der Waals surface area contributed by atoms with Gasteiger partial charge in [0.15, 0.2) is 0 Å². The van der Waals surface area contributed by atoms with Gasteiger partial charge in [-0.15, -0.1) is 0 Å². The van der Waals surface area contributed by atoms with Crippen molar-refractivity contribution in [2.24, 2.45) is 0 Å². The van der Waals surface area contributed by atoms with Crippen LogP contribution in [0.4, 0.5) is 5.69 Å². The maximum atomic E-state index is 11.6. The molecular formula is C14H12Cl3NO4. The van der Waals surface area contributed by atoms with E-state index in [1.54, 1.807) is 30.3 Å². The summed E-state index contributed by atoms with van der Waals surface area (Å²) < 4.78 is 8.68. The van der Waals surface area contributed by atoms with E-state index in [0.717, 1.165) is 0 Å². The van der Waals surface area contributed by atoms with E-state index in [-0.39, 0.29) is 6.61 Å². The summed E-state index contributed by atoms with van der Waals surface area (Å²) >= 11 is 16.5. The number of carbonyl (C=O) groups excluding carboxylic acids is 1. The Balaban J connectivity index is 2.30.